The SMILES string of the molecule is C#CCCCC(CC(C)C(C)(C)C)NN. The van der Waals surface area contributed by atoms with Crippen LogP contribution in [0.4, 0.5) is 0 Å². The minimum Gasteiger partial charge on any atom is -0.271 e. The molecule has 88 valence electrons. The van der Waals surface area contributed by atoms with Crippen LogP contribution in [0.1, 0.15) is 53.4 Å². The molecule has 0 saturated carbocycles. The van der Waals surface area contributed by atoms with Crippen LogP contribution in [-0.4, -0.2) is 6.04 Å². The molecule has 0 bridgehead atoms. The number of nitrogens with two attached hydrogens (primary N) is 1. The highest BCUT2D eigenvalue weighted by Gasteiger charge is 2.22. The predicted octanol–water partition coefficient (Wildman–Crippen LogP) is 2.69. The van der Waals surface area contributed by atoms with Crippen molar-refractivity contribution >= 4 is 0 Å². The Morgan fingerprint density at radius 1 is 1.40 bits per heavy atom. The van der Waals surface area contributed by atoms with Crippen molar-refractivity contribution in [2.24, 2.45) is 17.2 Å². The summed E-state index contributed by atoms with van der Waals surface area (Å²) in [7, 11) is 0. The number of unbranched alkanes of at least 4 members (excludes halogenated alkanes) is 1. The molecule has 0 aliphatic carbocycles. The zero-order chi connectivity index (χ0) is 11.9. The monoisotopic (exact) mass is 210 g/mol. The van der Waals surface area contributed by atoms with Crippen molar-refractivity contribution in [2.75, 3.05) is 0 Å². The molecule has 0 aromatic carbocycles. The summed E-state index contributed by atoms with van der Waals surface area (Å²) >= 11 is 0. The first-order valence-electron chi connectivity index (χ1n) is 5.81. The molecule has 2 atom stereocenters. The predicted molar refractivity (Wildman–Crippen MR) is 67.0 cm³/mol. The molecule has 0 aliphatic rings. The van der Waals surface area contributed by atoms with Gasteiger partial charge in [-0.3, -0.25) is 11.3 Å². The Morgan fingerprint density at radius 2 is 2.00 bits per heavy atom. The van der Waals surface area contributed by atoms with Crippen LogP contribution >= 0.6 is 0 Å². The van der Waals surface area contributed by atoms with Gasteiger partial charge >= 0.3 is 0 Å². The third-order valence-corrected chi connectivity index (χ3v) is 3.23. The van der Waals surface area contributed by atoms with Crippen molar-refractivity contribution in [1.82, 2.24) is 5.43 Å². The van der Waals surface area contributed by atoms with Gasteiger partial charge in [-0.25, -0.2) is 0 Å². The van der Waals surface area contributed by atoms with Crippen LogP contribution in [0, 0.1) is 23.7 Å². The van der Waals surface area contributed by atoms with E-state index >= 15 is 0 Å². The number of nitrogens with one attached hydrogen (secondary N) is 1. The average molecular weight is 210 g/mol. The minimum atomic E-state index is 0.348. The van der Waals surface area contributed by atoms with Crippen LogP contribution in [0.5, 0.6) is 0 Å². The van der Waals surface area contributed by atoms with E-state index in [4.69, 9.17) is 12.3 Å². The highest BCUT2D eigenvalue weighted by Crippen LogP contribution is 2.29. The van der Waals surface area contributed by atoms with Gasteiger partial charge in [-0.05, 0) is 30.6 Å². The highest BCUT2D eigenvalue weighted by atomic mass is 15.2. The first-order chi connectivity index (χ1) is 6.91. The Bertz CT molecular complexity index is 198. The second-order valence-electron chi connectivity index (χ2n) is 5.46. The fraction of sp³-hybridized carbons (Fsp3) is 0.846. The summed E-state index contributed by atoms with van der Waals surface area (Å²) in [5.41, 5.74) is 3.24. The van der Waals surface area contributed by atoms with Gasteiger partial charge in [0.15, 0.2) is 0 Å². The van der Waals surface area contributed by atoms with Crippen molar-refractivity contribution < 1.29 is 0 Å². The summed E-state index contributed by atoms with van der Waals surface area (Å²) in [6, 6.07) is 0.396. The van der Waals surface area contributed by atoms with Gasteiger partial charge < -0.3 is 0 Å². The van der Waals surface area contributed by atoms with Crippen LogP contribution in [0.15, 0.2) is 0 Å². The topological polar surface area (TPSA) is 38.0 Å². The normalized spacial score (nSPS) is 15.7. The molecule has 0 aromatic heterocycles. The summed E-state index contributed by atoms with van der Waals surface area (Å²) in [6.07, 6.45) is 9.32. The van der Waals surface area contributed by atoms with E-state index in [9.17, 15) is 0 Å². The van der Waals surface area contributed by atoms with E-state index in [0.717, 1.165) is 25.7 Å². The summed E-state index contributed by atoms with van der Waals surface area (Å²) < 4.78 is 0. The lowest BCUT2D eigenvalue weighted by Gasteiger charge is -2.30. The number of terminal acetylenes is 1. The molecule has 2 unspecified atom stereocenters. The lowest BCUT2D eigenvalue weighted by atomic mass is 9.78. The van der Waals surface area contributed by atoms with Gasteiger partial charge in [-0.1, -0.05) is 27.7 Å². The lowest BCUT2D eigenvalue weighted by molar-refractivity contribution is 0.218. The maximum atomic E-state index is 5.54. The van der Waals surface area contributed by atoms with Gasteiger partial charge in [0.1, 0.15) is 0 Å². The summed E-state index contributed by atoms with van der Waals surface area (Å²) in [5, 5.41) is 0. The van der Waals surface area contributed by atoms with Crippen molar-refractivity contribution in [3.8, 4) is 12.3 Å². The van der Waals surface area contributed by atoms with E-state index in [1.807, 2.05) is 0 Å². The van der Waals surface area contributed by atoms with Crippen molar-refractivity contribution in [1.29, 1.82) is 0 Å². The summed E-state index contributed by atoms with van der Waals surface area (Å²) in [5.74, 6) is 8.86. The molecule has 0 rings (SSSR count). The standard InChI is InChI=1S/C13H26N2/c1-6-7-8-9-12(15-14)10-11(2)13(3,4)5/h1,11-12,15H,7-10,14H2,2-5H3. The van der Waals surface area contributed by atoms with Crippen molar-refractivity contribution in [3.05, 3.63) is 0 Å². The smallest absolute Gasteiger partial charge is 0.0213 e. The molecule has 0 radical (unpaired) electrons. The number of rotatable bonds is 6. The summed E-state index contributed by atoms with van der Waals surface area (Å²) in [6.45, 7) is 9.09. The van der Waals surface area contributed by atoms with E-state index in [-0.39, 0.29) is 0 Å². The molecule has 2 nitrogen and oxygen atoms in total. The lowest BCUT2D eigenvalue weighted by Crippen LogP contribution is -2.38. The van der Waals surface area contributed by atoms with Crippen LogP contribution in [0.25, 0.3) is 0 Å². The van der Waals surface area contributed by atoms with Gasteiger partial charge in [0.2, 0.25) is 0 Å². The third kappa shape index (κ3) is 6.54. The van der Waals surface area contributed by atoms with Gasteiger partial charge in [-0.15, -0.1) is 12.3 Å². The molecule has 0 aromatic rings. The van der Waals surface area contributed by atoms with Crippen LogP contribution in [-0.2, 0) is 0 Å². The first kappa shape index (κ1) is 14.5. The fourth-order valence-electron chi connectivity index (χ4n) is 1.50. The fourth-order valence-corrected chi connectivity index (χ4v) is 1.50. The third-order valence-electron chi connectivity index (χ3n) is 3.23. The molecule has 0 heterocycles. The van der Waals surface area contributed by atoms with Gasteiger partial charge in [0.05, 0.1) is 0 Å². The Morgan fingerprint density at radius 3 is 2.40 bits per heavy atom. The summed E-state index contributed by atoms with van der Waals surface area (Å²) in [4.78, 5) is 0. The van der Waals surface area contributed by atoms with Gasteiger partial charge in [0, 0.05) is 12.5 Å². The molecule has 0 saturated heterocycles. The maximum absolute atomic E-state index is 5.54. The average Bonchev–Trinajstić information content (AvgIpc) is 2.14. The molecule has 0 aliphatic heterocycles. The van der Waals surface area contributed by atoms with E-state index in [1.54, 1.807) is 0 Å². The molecule has 0 spiro atoms. The van der Waals surface area contributed by atoms with Crippen molar-refractivity contribution in [2.45, 2.75) is 59.4 Å². The highest BCUT2D eigenvalue weighted by molar-refractivity contribution is 4.84. The van der Waals surface area contributed by atoms with Crippen LogP contribution < -0.4 is 11.3 Å². The van der Waals surface area contributed by atoms with E-state index in [1.165, 1.54) is 0 Å². The minimum absolute atomic E-state index is 0.348. The van der Waals surface area contributed by atoms with E-state index in [2.05, 4.69) is 39.0 Å². The van der Waals surface area contributed by atoms with Gasteiger partial charge in [0.25, 0.3) is 0 Å². The molecule has 3 N–H and O–H groups in total. The number of hydrazine groups is 1. The number of hydrogen-bond donors (Lipinski definition) is 2. The van der Waals surface area contributed by atoms with Crippen molar-refractivity contribution in [3.63, 3.8) is 0 Å². The second kappa shape index (κ2) is 6.87. The Kier molecular flexibility index (Phi) is 6.63. The maximum Gasteiger partial charge on any atom is 0.0213 e. The zero-order valence-corrected chi connectivity index (χ0v) is 10.6. The first-order valence-corrected chi connectivity index (χ1v) is 5.81. The molecular formula is C13H26N2. The molecule has 0 amide bonds. The molecular weight excluding hydrogens is 184 g/mol. The zero-order valence-electron chi connectivity index (χ0n) is 10.6. The van der Waals surface area contributed by atoms with E-state index < -0.39 is 0 Å². The quantitative estimate of drug-likeness (QED) is 0.306. The van der Waals surface area contributed by atoms with Crippen LogP contribution in [0.2, 0.25) is 0 Å². The Labute approximate surface area is 95.0 Å². The Balaban J connectivity index is 3.94. The largest absolute Gasteiger partial charge is 0.271 e. The number of hydrogen-bond acceptors (Lipinski definition) is 2. The second-order valence-corrected chi connectivity index (χ2v) is 5.46. The molecule has 2 heteroatoms. The Hall–Kier alpha value is -0.520. The van der Waals surface area contributed by atoms with Gasteiger partial charge in [-0.2, -0.15) is 0 Å². The van der Waals surface area contributed by atoms with Crippen LogP contribution in [0.3, 0.4) is 0 Å². The van der Waals surface area contributed by atoms with E-state index in [0.29, 0.717) is 17.4 Å². The molecule has 0 fully saturated rings. The molecule has 15 heavy (non-hydrogen) atoms.